The first kappa shape index (κ1) is 25.4. The maximum absolute atomic E-state index is 12.5. The van der Waals surface area contributed by atoms with Crippen LogP contribution in [0.15, 0.2) is 53.1 Å². The van der Waals surface area contributed by atoms with Crippen LogP contribution in [0, 0.1) is 20.8 Å². The molecule has 0 saturated carbocycles. The van der Waals surface area contributed by atoms with Crippen LogP contribution in [-0.4, -0.2) is 59.6 Å². The lowest BCUT2D eigenvalue weighted by atomic mass is 10.1. The molecule has 1 fully saturated rings. The van der Waals surface area contributed by atoms with Crippen molar-refractivity contribution in [3.63, 3.8) is 0 Å². The largest absolute Gasteiger partial charge is 0.489 e. The molecular formula is C28H33N3O5. The fraction of sp³-hybridized carbons (Fsp3) is 0.393. The van der Waals surface area contributed by atoms with Gasteiger partial charge in [0.1, 0.15) is 18.1 Å². The maximum Gasteiger partial charge on any atom is 0.310 e. The van der Waals surface area contributed by atoms with E-state index < -0.39 is 5.97 Å². The van der Waals surface area contributed by atoms with Gasteiger partial charge in [-0.05, 0) is 44.0 Å². The molecule has 1 saturated heterocycles. The molecule has 0 unspecified atom stereocenters. The number of rotatable bonds is 9. The van der Waals surface area contributed by atoms with Crippen molar-refractivity contribution in [1.82, 2.24) is 15.0 Å². The van der Waals surface area contributed by atoms with Crippen molar-refractivity contribution >= 4 is 11.9 Å². The molecule has 2 heterocycles. The second-order valence-corrected chi connectivity index (χ2v) is 9.22. The van der Waals surface area contributed by atoms with E-state index in [2.05, 4.69) is 41.2 Å². The summed E-state index contributed by atoms with van der Waals surface area (Å²) < 4.78 is 16.2. The van der Waals surface area contributed by atoms with E-state index in [0.717, 1.165) is 42.2 Å². The number of esters is 1. The Morgan fingerprint density at radius 3 is 2.39 bits per heavy atom. The Hall–Kier alpha value is -3.65. The number of nitrogens with zero attached hydrogens (tertiary/aromatic N) is 3. The molecular weight excluding hydrogens is 458 g/mol. The molecule has 2 aromatic carbocycles. The molecule has 1 aliphatic heterocycles. The minimum absolute atomic E-state index is 0.0989. The van der Waals surface area contributed by atoms with Crippen LogP contribution in [0.25, 0.3) is 0 Å². The third kappa shape index (κ3) is 6.95. The van der Waals surface area contributed by atoms with Crippen LogP contribution < -0.4 is 4.74 Å². The molecule has 1 aliphatic rings. The van der Waals surface area contributed by atoms with E-state index in [1.54, 1.807) is 4.90 Å². The van der Waals surface area contributed by atoms with E-state index in [1.807, 2.05) is 38.1 Å². The highest BCUT2D eigenvalue weighted by molar-refractivity contribution is 5.81. The van der Waals surface area contributed by atoms with Crippen LogP contribution >= 0.6 is 0 Å². The van der Waals surface area contributed by atoms with E-state index in [4.69, 9.17) is 14.0 Å². The highest BCUT2D eigenvalue weighted by Gasteiger charge is 2.22. The van der Waals surface area contributed by atoms with Gasteiger partial charge < -0.3 is 18.9 Å². The highest BCUT2D eigenvalue weighted by Crippen LogP contribution is 2.18. The van der Waals surface area contributed by atoms with Crippen LogP contribution in [0.3, 0.4) is 0 Å². The molecule has 0 aliphatic carbocycles. The first-order valence-corrected chi connectivity index (χ1v) is 12.2. The average Bonchev–Trinajstić information content (AvgIpc) is 3.19. The van der Waals surface area contributed by atoms with Gasteiger partial charge in [0.2, 0.25) is 0 Å². The number of benzene rings is 2. The third-order valence-corrected chi connectivity index (χ3v) is 6.41. The van der Waals surface area contributed by atoms with Gasteiger partial charge in [0.15, 0.2) is 6.61 Å². The lowest BCUT2D eigenvalue weighted by Crippen LogP contribution is -2.49. The molecule has 0 radical (unpaired) electrons. The van der Waals surface area contributed by atoms with Gasteiger partial charge in [-0.3, -0.25) is 14.5 Å². The molecule has 0 N–H and O–H groups in total. The van der Waals surface area contributed by atoms with Crippen molar-refractivity contribution in [2.45, 2.75) is 40.3 Å². The number of ether oxygens (including phenoxy) is 2. The van der Waals surface area contributed by atoms with Crippen molar-refractivity contribution in [3.05, 3.63) is 82.2 Å². The van der Waals surface area contributed by atoms with Crippen molar-refractivity contribution in [2.24, 2.45) is 0 Å². The Morgan fingerprint density at radius 1 is 0.972 bits per heavy atom. The molecule has 8 heteroatoms. The molecule has 1 aromatic heterocycles. The molecule has 36 heavy (non-hydrogen) atoms. The summed E-state index contributed by atoms with van der Waals surface area (Å²) in [6.07, 6.45) is 0.0989. The summed E-state index contributed by atoms with van der Waals surface area (Å²) in [5.74, 6) is 0.849. The standard InChI is InChI=1S/C28H33N3O5/c1-20-5-4-6-24(15-20)17-30-11-13-31(14-12-30)27(32)19-35-28(33)16-23-7-9-25(10-8-23)34-18-26-21(2)29-36-22(26)3/h4-10,15H,11-14,16-19H2,1-3H3. The summed E-state index contributed by atoms with van der Waals surface area (Å²) in [6, 6.07) is 15.7. The Kier molecular flexibility index (Phi) is 8.38. The van der Waals surface area contributed by atoms with E-state index in [1.165, 1.54) is 11.1 Å². The number of hydrogen-bond acceptors (Lipinski definition) is 7. The zero-order valence-electron chi connectivity index (χ0n) is 21.2. The molecule has 0 atom stereocenters. The second-order valence-electron chi connectivity index (χ2n) is 9.22. The summed E-state index contributed by atoms with van der Waals surface area (Å²) in [6.45, 7) is 9.72. The minimum Gasteiger partial charge on any atom is -0.489 e. The highest BCUT2D eigenvalue weighted by atomic mass is 16.5. The fourth-order valence-electron chi connectivity index (χ4n) is 4.24. The lowest BCUT2D eigenvalue weighted by Gasteiger charge is -2.34. The van der Waals surface area contributed by atoms with Crippen molar-refractivity contribution in [3.8, 4) is 5.75 Å². The van der Waals surface area contributed by atoms with Gasteiger partial charge in [-0.15, -0.1) is 0 Å². The van der Waals surface area contributed by atoms with Crippen LogP contribution in [0.1, 0.15) is 33.7 Å². The van der Waals surface area contributed by atoms with Crippen LogP contribution in [0.2, 0.25) is 0 Å². The monoisotopic (exact) mass is 491 g/mol. The summed E-state index contributed by atoms with van der Waals surface area (Å²) in [7, 11) is 0. The van der Waals surface area contributed by atoms with E-state index in [9.17, 15) is 9.59 Å². The Bertz CT molecular complexity index is 1160. The number of amides is 1. The lowest BCUT2D eigenvalue weighted by molar-refractivity contribution is -0.152. The van der Waals surface area contributed by atoms with Gasteiger partial charge in [0.05, 0.1) is 17.7 Å². The molecule has 8 nitrogen and oxygen atoms in total. The summed E-state index contributed by atoms with van der Waals surface area (Å²) >= 11 is 0. The van der Waals surface area contributed by atoms with Crippen molar-refractivity contribution in [2.75, 3.05) is 32.8 Å². The van der Waals surface area contributed by atoms with Gasteiger partial charge >= 0.3 is 5.97 Å². The van der Waals surface area contributed by atoms with Crippen LogP contribution in [0.5, 0.6) is 5.75 Å². The number of hydrogen-bond donors (Lipinski definition) is 0. The SMILES string of the molecule is Cc1cccc(CN2CCN(C(=O)COC(=O)Cc3ccc(OCc4c(C)noc4C)cc3)CC2)c1. The second kappa shape index (κ2) is 11.9. The predicted octanol–water partition coefficient (Wildman–Crippen LogP) is 3.61. The fourth-order valence-corrected chi connectivity index (χ4v) is 4.24. The van der Waals surface area contributed by atoms with Crippen molar-refractivity contribution < 1.29 is 23.6 Å². The first-order valence-electron chi connectivity index (χ1n) is 12.2. The molecule has 0 spiro atoms. The normalized spacial score (nSPS) is 14.0. The van der Waals surface area contributed by atoms with E-state index >= 15 is 0 Å². The number of aryl methyl sites for hydroxylation is 3. The van der Waals surface area contributed by atoms with Gasteiger partial charge in [-0.2, -0.15) is 0 Å². The Morgan fingerprint density at radius 2 is 1.72 bits per heavy atom. The van der Waals surface area contributed by atoms with E-state index in [-0.39, 0.29) is 18.9 Å². The first-order chi connectivity index (χ1) is 17.4. The van der Waals surface area contributed by atoms with Crippen LogP contribution in [0.4, 0.5) is 0 Å². The van der Waals surface area contributed by atoms with Gasteiger partial charge in [0.25, 0.3) is 5.91 Å². The molecule has 190 valence electrons. The molecule has 3 aromatic rings. The van der Waals surface area contributed by atoms with Crippen molar-refractivity contribution in [1.29, 1.82) is 0 Å². The molecule has 0 bridgehead atoms. The Balaban J connectivity index is 1.16. The summed E-state index contributed by atoms with van der Waals surface area (Å²) in [5, 5.41) is 3.92. The number of carbonyl (C=O) groups excluding carboxylic acids is 2. The topological polar surface area (TPSA) is 85.1 Å². The Labute approximate surface area is 211 Å². The molecule has 1 amide bonds. The zero-order chi connectivity index (χ0) is 25.5. The number of piperazine rings is 1. The van der Waals surface area contributed by atoms with Gasteiger partial charge in [0, 0.05) is 32.7 Å². The third-order valence-electron chi connectivity index (χ3n) is 6.41. The number of carbonyl (C=O) groups is 2. The molecule has 4 rings (SSSR count). The summed E-state index contributed by atoms with van der Waals surface area (Å²) in [5.41, 5.74) is 5.07. The maximum atomic E-state index is 12.5. The van der Waals surface area contributed by atoms with Gasteiger partial charge in [-0.1, -0.05) is 47.1 Å². The minimum atomic E-state index is -0.425. The van der Waals surface area contributed by atoms with E-state index in [0.29, 0.717) is 25.4 Å². The predicted molar refractivity (Wildman–Crippen MR) is 134 cm³/mol. The smallest absolute Gasteiger partial charge is 0.310 e. The zero-order valence-corrected chi connectivity index (χ0v) is 21.2. The quantitative estimate of drug-likeness (QED) is 0.423. The van der Waals surface area contributed by atoms with Crippen LogP contribution in [-0.2, 0) is 33.9 Å². The number of aromatic nitrogens is 1. The average molecular weight is 492 g/mol. The summed E-state index contributed by atoms with van der Waals surface area (Å²) in [4.78, 5) is 28.9. The van der Waals surface area contributed by atoms with Gasteiger partial charge in [-0.25, -0.2) is 0 Å².